The molecule has 6 nitrogen and oxygen atoms in total. The van der Waals surface area contributed by atoms with E-state index in [2.05, 4.69) is 10.3 Å². The van der Waals surface area contributed by atoms with E-state index < -0.39 is 17.5 Å². The number of aromatic amines is 1. The van der Waals surface area contributed by atoms with Gasteiger partial charge in [0, 0.05) is 16.9 Å². The Bertz CT molecular complexity index is 1150. The number of fused-ring (bicyclic) bond motifs is 1. The Kier molecular flexibility index (Phi) is 4.76. The van der Waals surface area contributed by atoms with Crippen molar-refractivity contribution in [3.8, 4) is 0 Å². The largest absolute Gasteiger partial charge is 0.326 e. The molecule has 6 heteroatoms. The molecule has 1 unspecified atom stereocenters. The van der Waals surface area contributed by atoms with Crippen molar-refractivity contribution in [1.29, 1.82) is 0 Å². The van der Waals surface area contributed by atoms with Crippen molar-refractivity contribution in [1.82, 2.24) is 9.88 Å². The molecule has 2 aromatic carbocycles. The van der Waals surface area contributed by atoms with Gasteiger partial charge in [-0.2, -0.15) is 0 Å². The maximum absolute atomic E-state index is 13.5. The Hall–Kier alpha value is -3.67. The summed E-state index contributed by atoms with van der Waals surface area (Å²) < 4.78 is 0. The summed E-state index contributed by atoms with van der Waals surface area (Å²) in [5.74, 6) is -0.778. The molecular formula is C23H21N3O3. The van der Waals surface area contributed by atoms with E-state index in [4.69, 9.17) is 0 Å². The average molecular weight is 387 g/mol. The molecule has 3 aromatic rings. The molecule has 2 heterocycles. The van der Waals surface area contributed by atoms with Gasteiger partial charge in [0.25, 0.3) is 11.5 Å². The first-order chi connectivity index (χ1) is 14.0. The molecule has 1 aliphatic rings. The first-order valence-electron chi connectivity index (χ1n) is 9.41. The molecule has 146 valence electrons. The molecule has 1 atom stereocenters. The van der Waals surface area contributed by atoms with E-state index in [0.717, 1.165) is 16.7 Å². The van der Waals surface area contributed by atoms with Crippen LogP contribution in [0.4, 0.5) is 5.69 Å². The number of hydrogen-bond acceptors (Lipinski definition) is 3. The first kappa shape index (κ1) is 18.7. The highest BCUT2D eigenvalue weighted by Crippen LogP contribution is 2.36. The van der Waals surface area contributed by atoms with Gasteiger partial charge in [-0.25, -0.2) is 0 Å². The molecule has 0 saturated heterocycles. The number of nitrogens with one attached hydrogen (secondary N) is 2. The number of H-pyrrole nitrogens is 1. The highest BCUT2D eigenvalue weighted by Gasteiger charge is 2.34. The zero-order valence-corrected chi connectivity index (χ0v) is 16.2. The molecule has 2 N–H and O–H groups in total. The van der Waals surface area contributed by atoms with Gasteiger partial charge in [0.15, 0.2) is 0 Å². The lowest BCUT2D eigenvalue weighted by Gasteiger charge is -2.30. The van der Waals surface area contributed by atoms with E-state index in [0.29, 0.717) is 11.4 Å². The molecule has 4 rings (SSSR count). The number of hydrogen-bond donors (Lipinski definition) is 2. The van der Waals surface area contributed by atoms with Gasteiger partial charge in [0.1, 0.15) is 12.1 Å². The lowest BCUT2D eigenvalue weighted by Crippen LogP contribution is -2.41. The van der Waals surface area contributed by atoms with E-state index in [-0.39, 0.29) is 18.0 Å². The number of pyridine rings is 1. The lowest BCUT2D eigenvalue weighted by atomic mass is 9.95. The fourth-order valence-corrected chi connectivity index (χ4v) is 3.68. The third-order valence-corrected chi connectivity index (χ3v) is 5.26. The van der Waals surface area contributed by atoms with E-state index in [1.165, 1.54) is 4.90 Å². The van der Waals surface area contributed by atoms with Crippen LogP contribution in [0.2, 0.25) is 0 Å². The van der Waals surface area contributed by atoms with Gasteiger partial charge in [-0.3, -0.25) is 14.4 Å². The summed E-state index contributed by atoms with van der Waals surface area (Å²) in [5, 5.41) is 2.87. The van der Waals surface area contributed by atoms with Crippen molar-refractivity contribution >= 4 is 17.5 Å². The fourth-order valence-electron chi connectivity index (χ4n) is 3.68. The van der Waals surface area contributed by atoms with E-state index in [1.54, 1.807) is 13.0 Å². The number of rotatable bonds is 2. The van der Waals surface area contributed by atoms with Crippen LogP contribution in [0.25, 0.3) is 0 Å². The van der Waals surface area contributed by atoms with Crippen LogP contribution in [0, 0.1) is 13.8 Å². The maximum Gasteiger partial charge on any atom is 0.261 e. The van der Waals surface area contributed by atoms with Gasteiger partial charge in [0.05, 0.1) is 6.04 Å². The number of aromatic nitrogens is 1. The third kappa shape index (κ3) is 3.45. The molecule has 0 fully saturated rings. The topological polar surface area (TPSA) is 82.3 Å². The molecule has 0 spiro atoms. The molecule has 29 heavy (non-hydrogen) atoms. The normalized spacial score (nSPS) is 16.0. The van der Waals surface area contributed by atoms with Gasteiger partial charge in [-0.05, 0) is 37.1 Å². The van der Waals surface area contributed by atoms with Crippen LogP contribution in [0.3, 0.4) is 0 Å². The van der Waals surface area contributed by atoms with Gasteiger partial charge in [-0.15, -0.1) is 0 Å². The average Bonchev–Trinajstić information content (AvgIpc) is 2.86. The smallest absolute Gasteiger partial charge is 0.261 e. The van der Waals surface area contributed by atoms with Crippen molar-refractivity contribution in [2.24, 2.45) is 0 Å². The Morgan fingerprint density at radius 3 is 2.45 bits per heavy atom. The summed E-state index contributed by atoms with van der Waals surface area (Å²) >= 11 is 0. The summed E-state index contributed by atoms with van der Waals surface area (Å²) in [5.41, 5.74) is 3.43. The summed E-state index contributed by atoms with van der Waals surface area (Å²) in [7, 11) is 0. The van der Waals surface area contributed by atoms with Crippen LogP contribution in [-0.2, 0) is 4.79 Å². The summed E-state index contributed by atoms with van der Waals surface area (Å²) in [6.45, 7) is 3.47. The van der Waals surface area contributed by atoms with Gasteiger partial charge >= 0.3 is 0 Å². The number of para-hydroxylation sites is 1. The standard InChI is InChI=1S/C23H21N3O3/c1-14-12-18(22(28)24-15(14)2)23(29)26-13-20(27)25-19-11-7-6-10-17(19)21(26)16-8-4-3-5-9-16/h3-12,21H,13H2,1-2H3,(H,24,28)(H,25,27). The Morgan fingerprint density at radius 1 is 1.00 bits per heavy atom. The number of carbonyl (C=O) groups excluding carboxylic acids is 2. The quantitative estimate of drug-likeness (QED) is 0.709. The second-order valence-electron chi connectivity index (χ2n) is 7.20. The molecule has 1 aliphatic heterocycles. The minimum atomic E-state index is -0.500. The molecular weight excluding hydrogens is 366 g/mol. The number of anilines is 1. The van der Waals surface area contributed by atoms with Crippen LogP contribution in [-0.4, -0.2) is 28.2 Å². The molecule has 2 amide bonds. The Morgan fingerprint density at radius 2 is 1.69 bits per heavy atom. The number of amides is 2. The molecule has 0 saturated carbocycles. The van der Waals surface area contributed by atoms with Crippen molar-refractivity contribution in [2.45, 2.75) is 19.9 Å². The lowest BCUT2D eigenvalue weighted by molar-refractivity contribution is -0.117. The van der Waals surface area contributed by atoms with Crippen molar-refractivity contribution in [3.63, 3.8) is 0 Å². The Balaban J connectivity index is 1.90. The zero-order valence-electron chi connectivity index (χ0n) is 16.2. The maximum atomic E-state index is 13.5. The third-order valence-electron chi connectivity index (χ3n) is 5.26. The van der Waals surface area contributed by atoms with Crippen molar-refractivity contribution < 1.29 is 9.59 Å². The van der Waals surface area contributed by atoms with Crippen molar-refractivity contribution in [3.05, 3.63) is 99.0 Å². The van der Waals surface area contributed by atoms with Gasteiger partial charge in [0.2, 0.25) is 5.91 Å². The number of nitrogens with zero attached hydrogens (tertiary/aromatic N) is 1. The first-order valence-corrected chi connectivity index (χ1v) is 9.41. The molecule has 0 radical (unpaired) electrons. The second kappa shape index (κ2) is 7.39. The fraction of sp³-hybridized carbons (Fsp3) is 0.174. The summed E-state index contributed by atoms with van der Waals surface area (Å²) in [6.07, 6.45) is 0. The monoisotopic (exact) mass is 387 g/mol. The SMILES string of the molecule is Cc1cc(C(=O)N2CC(=O)Nc3ccccc3C2c2ccccc2)c(=O)[nH]c1C. The number of benzene rings is 2. The minimum Gasteiger partial charge on any atom is -0.326 e. The predicted octanol–water partition coefficient (Wildman–Crippen LogP) is 3.18. The molecule has 0 aliphatic carbocycles. The zero-order chi connectivity index (χ0) is 20.5. The second-order valence-corrected chi connectivity index (χ2v) is 7.20. The Labute approximate surface area is 168 Å². The van der Waals surface area contributed by atoms with Crippen LogP contribution >= 0.6 is 0 Å². The number of aryl methyl sites for hydroxylation is 2. The minimum absolute atomic E-state index is 0.0289. The molecule has 0 bridgehead atoms. The van der Waals surface area contributed by atoms with Crippen LogP contribution in [0.15, 0.2) is 65.5 Å². The van der Waals surface area contributed by atoms with Crippen LogP contribution in [0.1, 0.15) is 38.8 Å². The van der Waals surface area contributed by atoms with Gasteiger partial charge in [-0.1, -0.05) is 48.5 Å². The van der Waals surface area contributed by atoms with E-state index >= 15 is 0 Å². The predicted molar refractivity (Wildman–Crippen MR) is 111 cm³/mol. The molecule has 1 aromatic heterocycles. The highest BCUT2D eigenvalue weighted by molar-refractivity contribution is 6.01. The highest BCUT2D eigenvalue weighted by atomic mass is 16.2. The van der Waals surface area contributed by atoms with Gasteiger partial charge < -0.3 is 15.2 Å². The van der Waals surface area contributed by atoms with E-state index in [1.807, 2.05) is 61.5 Å². The van der Waals surface area contributed by atoms with Crippen LogP contribution < -0.4 is 10.9 Å². The summed E-state index contributed by atoms with van der Waals surface area (Å²) in [6, 6.07) is 18.0. The van der Waals surface area contributed by atoms with Crippen LogP contribution in [0.5, 0.6) is 0 Å². The summed E-state index contributed by atoms with van der Waals surface area (Å²) in [4.78, 5) is 42.8. The van der Waals surface area contributed by atoms with E-state index in [9.17, 15) is 14.4 Å². The number of carbonyl (C=O) groups is 2. The van der Waals surface area contributed by atoms with Crippen molar-refractivity contribution in [2.75, 3.05) is 11.9 Å².